The van der Waals surface area contributed by atoms with Crippen LogP contribution in [-0.4, -0.2) is 49.7 Å². The van der Waals surface area contributed by atoms with Gasteiger partial charge in [-0.2, -0.15) is 0 Å². The second kappa shape index (κ2) is 7.97. The molecule has 10 heteroatoms. The number of hydrogen-bond acceptors (Lipinski definition) is 7. The van der Waals surface area contributed by atoms with E-state index in [1.165, 1.54) is 6.33 Å². The Labute approximate surface area is 194 Å². The lowest BCUT2D eigenvalue weighted by Gasteiger charge is -2.24. The molecule has 1 saturated heterocycles. The summed E-state index contributed by atoms with van der Waals surface area (Å²) in [6.45, 7) is 12.1. The topological polar surface area (TPSA) is 80.5 Å². The van der Waals surface area contributed by atoms with Crippen molar-refractivity contribution in [3.8, 4) is 0 Å². The van der Waals surface area contributed by atoms with E-state index in [4.69, 9.17) is 30.1 Å². The molecule has 2 saturated carbocycles. The molecule has 2 aromatic heterocycles. The molecule has 2 aromatic rings. The molecule has 0 unspecified atom stereocenters. The van der Waals surface area contributed by atoms with Crippen LogP contribution in [0.5, 0.6) is 0 Å². The summed E-state index contributed by atoms with van der Waals surface area (Å²) in [4.78, 5) is 13.0. The van der Waals surface area contributed by atoms with E-state index < -0.39 is 14.2 Å². The van der Waals surface area contributed by atoms with Gasteiger partial charge in [0, 0.05) is 5.41 Å². The first kappa shape index (κ1) is 22.6. The van der Waals surface area contributed by atoms with Crippen LogP contribution in [-0.2, 0) is 18.5 Å². The minimum atomic E-state index is -1.13. The van der Waals surface area contributed by atoms with E-state index in [-0.39, 0.29) is 35.9 Å². The van der Waals surface area contributed by atoms with E-state index in [0.717, 1.165) is 12.1 Å². The van der Waals surface area contributed by atoms with Gasteiger partial charge in [-0.1, -0.05) is 17.7 Å². The molecule has 3 heterocycles. The quantitative estimate of drug-likeness (QED) is 0.396. The molecule has 2 aliphatic carbocycles. The zero-order chi connectivity index (χ0) is 22.8. The van der Waals surface area contributed by atoms with Crippen molar-refractivity contribution in [2.24, 2.45) is 11.3 Å². The van der Waals surface area contributed by atoms with Crippen LogP contribution in [0.15, 0.2) is 24.5 Å². The molecule has 0 radical (unpaired) electrons. The largest absolute Gasteiger partial charge is 0.344 e. The van der Waals surface area contributed by atoms with E-state index in [0.29, 0.717) is 16.6 Å². The molecule has 5 atom stereocenters. The number of nitrogens with zero attached hydrogens (tertiary/aromatic N) is 4. The highest BCUT2D eigenvalue weighted by Crippen LogP contribution is 2.72. The molecule has 8 nitrogen and oxygen atoms in total. The van der Waals surface area contributed by atoms with Gasteiger partial charge in [0.1, 0.15) is 17.9 Å². The smallest absolute Gasteiger partial charge is 0.197 e. The SMILES string of the molecule is CC(C)OP(/C=C/[C@@]12C[C@@H]1[C@@H](n1cnc3c(Cl)ncnc31)[C@@H]1OC(C)(C)O[C@@H]12)OC(C)C. The van der Waals surface area contributed by atoms with E-state index in [9.17, 15) is 0 Å². The van der Waals surface area contributed by atoms with Crippen molar-refractivity contribution in [2.75, 3.05) is 0 Å². The van der Waals surface area contributed by atoms with Gasteiger partial charge in [-0.05, 0) is 59.7 Å². The van der Waals surface area contributed by atoms with Crippen molar-refractivity contribution in [1.29, 1.82) is 0 Å². The molecule has 0 bridgehead atoms. The summed E-state index contributed by atoms with van der Waals surface area (Å²) in [5.74, 6) is 1.79. The van der Waals surface area contributed by atoms with Gasteiger partial charge in [0.15, 0.2) is 25.0 Å². The Balaban J connectivity index is 1.49. The second-order valence-corrected chi connectivity index (χ2v) is 11.5. The van der Waals surface area contributed by atoms with E-state index in [1.54, 1.807) is 6.33 Å². The van der Waals surface area contributed by atoms with Gasteiger partial charge in [-0.3, -0.25) is 0 Å². The van der Waals surface area contributed by atoms with Crippen molar-refractivity contribution >= 4 is 31.1 Å². The van der Waals surface area contributed by atoms with Crippen molar-refractivity contribution in [1.82, 2.24) is 19.5 Å². The summed E-state index contributed by atoms with van der Waals surface area (Å²) in [6, 6.07) is 0.0469. The third-order valence-corrected chi connectivity index (χ3v) is 8.21. The van der Waals surface area contributed by atoms with Crippen molar-refractivity contribution in [3.63, 3.8) is 0 Å². The fraction of sp³-hybridized carbons (Fsp3) is 0.682. The molecule has 174 valence electrons. The summed E-state index contributed by atoms with van der Waals surface area (Å²) in [7, 11) is -1.13. The highest BCUT2D eigenvalue weighted by molar-refractivity contribution is 7.50. The van der Waals surface area contributed by atoms with Gasteiger partial charge in [0.05, 0.1) is 30.7 Å². The van der Waals surface area contributed by atoms with Gasteiger partial charge in [-0.25, -0.2) is 15.0 Å². The minimum absolute atomic E-state index is 0.0469. The average Bonchev–Trinajstić information content (AvgIpc) is 2.95. The number of halogens is 1. The molecule has 0 spiro atoms. The van der Waals surface area contributed by atoms with Crippen molar-refractivity contribution in [2.45, 2.75) is 84.2 Å². The lowest BCUT2D eigenvalue weighted by Crippen LogP contribution is -2.31. The molecular weight excluding hydrogens is 451 g/mol. The fourth-order valence-electron chi connectivity index (χ4n) is 5.16. The van der Waals surface area contributed by atoms with Crippen molar-refractivity contribution in [3.05, 3.63) is 29.7 Å². The Morgan fingerprint density at radius 2 is 1.88 bits per heavy atom. The normalized spacial score (nSPS) is 33.2. The van der Waals surface area contributed by atoms with Crippen LogP contribution in [0.3, 0.4) is 0 Å². The van der Waals surface area contributed by atoms with Crippen LogP contribution in [0.2, 0.25) is 5.15 Å². The summed E-state index contributed by atoms with van der Waals surface area (Å²) < 4.78 is 27.0. The van der Waals surface area contributed by atoms with Gasteiger partial charge in [0.2, 0.25) is 0 Å². The van der Waals surface area contributed by atoms with Crippen LogP contribution in [0.4, 0.5) is 0 Å². The molecule has 0 aromatic carbocycles. The van der Waals surface area contributed by atoms with Crippen LogP contribution in [0.1, 0.15) is 54.0 Å². The Hall–Kier alpha value is -1.15. The summed E-state index contributed by atoms with van der Waals surface area (Å²) in [5, 5.41) is 0.358. The second-order valence-electron chi connectivity index (χ2n) is 9.83. The molecule has 0 N–H and O–H groups in total. The predicted molar refractivity (Wildman–Crippen MR) is 122 cm³/mol. The molecular formula is C22H30ClN4O4P. The first-order valence-electron chi connectivity index (χ1n) is 11.1. The van der Waals surface area contributed by atoms with E-state index in [1.807, 2.05) is 41.5 Å². The van der Waals surface area contributed by atoms with Crippen LogP contribution >= 0.6 is 20.0 Å². The maximum Gasteiger partial charge on any atom is 0.197 e. The maximum atomic E-state index is 6.45. The van der Waals surface area contributed by atoms with E-state index >= 15 is 0 Å². The Kier molecular flexibility index (Phi) is 5.63. The monoisotopic (exact) mass is 480 g/mol. The van der Waals surface area contributed by atoms with Gasteiger partial charge in [0.25, 0.3) is 0 Å². The van der Waals surface area contributed by atoms with Crippen LogP contribution < -0.4 is 0 Å². The molecule has 5 rings (SSSR count). The number of imidazole rings is 1. The predicted octanol–water partition coefficient (Wildman–Crippen LogP) is 5.24. The lowest BCUT2D eigenvalue weighted by atomic mass is 9.99. The van der Waals surface area contributed by atoms with Gasteiger partial charge >= 0.3 is 0 Å². The number of ether oxygens (including phenoxy) is 2. The Morgan fingerprint density at radius 1 is 1.16 bits per heavy atom. The first-order chi connectivity index (χ1) is 15.1. The number of hydrogen-bond donors (Lipinski definition) is 0. The fourth-order valence-corrected chi connectivity index (χ4v) is 6.76. The zero-order valence-electron chi connectivity index (χ0n) is 19.2. The van der Waals surface area contributed by atoms with E-state index in [2.05, 4.69) is 31.4 Å². The van der Waals surface area contributed by atoms with Crippen LogP contribution in [0, 0.1) is 11.3 Å². The van der Waals surface area contributed by atoms with Gasteiger partial charge in [-0.15, -0.1) is 0 Å². The average molecular weight is 481 g/mol. The number of rotatable bonds is 7. The standard InChI is InChI=1S/C22H30ClN4O4P/c1-12(2)30-32(31-13(3)4)8-7-22-9-14(22)16(17-18(22)29-21(5,6)28-17)27-11-26-15-19(23)24-10-25-20(15)27/h7-8,10-14,16-18H,9H2,1-6H3/b8-7+/t14-,16-,17+,18+,22-/m1/s1. The third-order valence-electron chi connectivity index (χ3n) is 6.28. The highest BCUT2D eigenvalue weighted by atomic mass is 35.5. The van der Waals surface area contributed by atoms with Crippen LogP contribution in [0.25, 0.3) is 11.2 Å². The molecule has 0 amide bonds. The molecule has 1 aliphatic heterocycles. The summed E-state index contributed by atoms with van der Waals surface area (Å²) in [6.07, 6.45) is 6.55. The summed E-state index contributed by atoms with van der Waals surface area (Å²) >= 11 is 6.26. The molecule has 32 heavy (non-hydrogen) atoms. The maximum absolute atomic E-state index is 6.45. The lowest BCUT2D eigenvalue weighted by molar-refractivity contribution is -0.159. The Bertz CT molecular complexity index is 1030. The highest BCUT2D eigenvalue weighted by Gasteiger charge is 2.75. The number of aromatic nitrogens is 4. The third kappa shape index (κ3) is 3.79. The Morgan fingerprint density at radius 3 is 2.56 bits per heavy atom. The summed E-state index contributed by atoms with van der Waals surface area (Å²) in [5.41, 5.74) is 1.21. The van der Waals surface area contributed by atoms with Crippen molar-refractivity contribution < 1.29 is 18.5 Å². The van der Waals surface area contributed by atoms with Gasteiger partial charge < -0.3 is 23.1 Å². The minimum Gasteiger partial charge on any atom is -0.344 e. The zero-order valence-corrected chi connectivity index (χ0v) is 20.9. The first-order valence-corrected chi connectivity index (χ1v) is 12.7. The molecule has 3 aliphatic rings. The number of fused-ring (bicyclic) bond motifs is 4. The molecule has 3 fully saturated rings.